The number of aliphatic hydroxyl groups excluding tert-OH is 2. The van der Waals surface area contributed by atoms with Gasteiger partial charge in [-0.3, -0.25) is 14.5 Å². The highest BCUT2D eigenvalue weighted by Crippen LogP contribution is 2.36. The number of aliphatic hydroxyl groups is 2. The van der Waals surface area contributed by atoms with Crippen LogP contribution in [0.1, 0.15) is 200 Å². The molecule has 4 heterocycles. The molecule has 9 rings (SSSR count). The summed E-state index contributed by atoms with van der Waals surface area (Å²) < 4.78 is 40.6. The second-order valence-electron chi connectivity index (χ2n) is 27.2. The number of carbonyl (C=O) groups is 5. The third kappa shape index (κ3) is 22.4. The minimum atomic E-state index is -1.15. The number of Topliss-reactive ketones (excluding diaryl/α,β-unsaturated/α-hetero) is 2. The highest BCUT2D eigenvalue weighted by Gasteiger charge is 2.43. The van der Waals surface area contributed by atoms with Crippen LogP contribution in [0.25, 0.3) is 22.2 Å². The molecule has 2 aliphatic heterocycles. The monoisotopic (exact) mass is 1250 g/mol. The van der Waals surface area contributed by atoms with E-state index in [1.165, 1.54) is 56.3 Å². The van der Waals surface area contributed by atoms with Crippen molar-refractivity contribution in [3.05, 3.63) is 96.2 Å². The van der Waals surface area contributed by atoms with Crippen molar-refractivity contribution >= 4 is 52.0 Å². The molecular formula is C70H100N6O14. The molecule has 2 unspecified atom stereocenters. The van der Waals surface area contributed by atoms with Crippen LogP contribution in [0.3, 0.4) is 0 Å². The number of oxazole rings is 2. The summed E-state index contributed by atoms with van der Waals surface area (Å²) in [5.41, 5.74) is 2.17. The average molecular weight is 1250 g/mol. The van der Waals surface area contributed by atoms with E-state index in [0.29, 0.717) is 105 Å². The number of benzene rings is 3. The number of nitrogens with zero attached hydrogens (tertiary/aromatic N) is 3. The molecule has 5 N–H and O–H groups in total. The van der Waals surface area contributed by atoms with Gasteiger partial charge in [-0.05, 0) is 141 Å². The molecule has 3 amide bonds. The van der Waals surface area contributed by atoms with Gasteiger partial charge in [0.05, 0.1) is 30.8 Å². The number of carbonyl (C=O) groups excluding carboxylic acids is 5. The summed E-state index contributed by atoms with van der Waals surface area (Å²) in [4.78, 5) is 75.6. The third-order valence-electron chi connectivity index (χ3n) is 17.4. The van der Waals surface area contributed by atoms with Gasteiger partial charge in [-0.15, -0.1) is 0 Å². The van der Waals surface area contributed by atoms with Crippen LogP contribution in [0, 0.1) is 23.7 Å². The fourth-order valence-electron chi connectivity index (χ4n) is 12.6. The van der Waals surface area contributed by atoms with Gasteiger partial charge in [0, 0.05) is 63.9 Å². The molecule has 20 nitrogen and oxygen atoms in total. The molecule has 8 atom stereocenters. The molecule has 3 aromatic carbocycles. The molecule has 4 aliphatic rings. The van der Waals surface area contributed by atoms with E-state index in [0.717, 1.165) is 31.4 Å². The summed E-state index contributed by atoms with van der Waals surface area (Å²) in [5, 5.41) is 31.8. The van der Waals surface area contributed by atoms with Gasteiger partial charge in [0.15, 0.2) is 16.9 Å². The van der Waals surface area contributed by atoms with E-state index in [4.69, 9.17) is 32.5 Å². The molecule has 2 aromatic heterocycles. The lowest BCUT2D eigenvalue weighted by Gasteiger charge is -2.26. The predicted molar refractivity (Wildman–Crippen MR) is 341 cm³/mol. The van der Waals surface area contributed by atoms with E-state index in [9.17, 15) is 34.2 Å². The number of hydrogen-bond donors (Lipinski definition) is 5. The van der Waals surface area contributed by atoms with Crippen LogP contribution in [0.5, 0.6) is 0 Å². The van der Waals surface area contributed by atoms with Gasteiger partial charge in [-0.1, -0.05) is 106 Å². The topological polar surface area (TPSA) is 263 Å². The molecule has 0 bridgehead atoms. The van der Waals surface area contributed by atoms with Crippen LogP contribution >= 0.6 is 0 Å². The number of unbranched alkanes of at least 4 members (excludes halogenated alkanes) is 2. The number of ether oxygens (including phenoxy) is 5. The summed E-state index contributed by atoms with van der Waals surface area (Å²) in [5.74, 6) is 0.539. The SMILES string of the molecule is CC(C)(C)OC(=O)NCCCC[C@H](CC(=O)[C@@H]1C[C@@H](OCC2CCCCC2)CN1)C(O)c1nc2ccccc2o1.CC(C)(C)OC(=O)NCCCC[C@H](CC(=O)[C@@H]1C[C@@H](OCC2CCCCC2)CN1C(=O)OCc1ccccc1)C(O)c1nc2ccccc2o1. The van der Waals surface area contributed by atoms with Crippen LogP contribution in [-0.2, 0) is 39.9 Å². The summed E-state index contributed by atoms with van der Waals surface area (Å²) in [6.07, 6.45) is 13.4. The van der Waals surface area contributed by atoms with E-state index < -0.39 is 53.6 Å². The number of aromatic nitrogens is 2. The van der Waals surface area contributed by atoms with Crippen molar-refractivity contribution in [2.24, 2.45) is 23.7 Å². The number of nitrogens with one attached hydrogen (secondary N) is 3. The highest BCUT2D eigenvalue weighted by molar-refractivity contribution is 5.88. The highest BCUT2D eigenvalue weighted by atomic mass is 16.6. The number of fused-ring (bicyclic) bond motifs is 2. The fourth-order valence-corrected chi connectivity index (χ4v) is 12.6. The number of para-hydroxylation sites is 4. The number of alkyl carbamates (subject to hydrolysis) is 2. The quantitative estimate of drug-likeness (QED) is 0.0230. The maximum Gasteiger partial charge on any atom is 0.410 e. The first kappa shape index (κ1) is 69.4. The molecule has 0 spiro atoms. The number of amides is 3. The summed E-state index contributed by atoms with van der Waals surface area (Å²) in [7, 11) is 0. The molecule has 494 valence electrons. The maximum absolute atomic E-state index is 14.2. The first-order valence-corrected chi connectivity index (χ1v) is 33.2. The number of likely N-dealkylation sites (tertiary alicyclic amines) is 1. The van der Waals surface area contributed by atoms with Gasteiger partial charge in [-0.25, -0.2) is 24.4 Å². The van der Waals surface area contributed by atoms with Crippen LogP contribution in [0.2, 0.25) is 0 Å². The van der Waals surface area contributed by atoms with Crippen LogP contribution in [0.4, 0.5) is 14.4 Å². The molecule has 0 radical (unpaired) electrons. The minimum Gasteiger partial charge on any atom is -0.445 e. The van der Waals surface area contributed by atoms with Crippen molar-refractivity contribution in [3.63, 3.8) is 0 Å². The maximum atomic E-state index is 14.2. The Morgan fingerprint density at radius 2 is 1.09 bits per heavy atom. The van der Waals surface area contributed by atoms with Crippen molar-refractivity contribution in [2.75, 3.05) is 39.4 Å². The second-order valence-corrected chi connectivity index (χ2v) is 27.2. The Kier molecular flexibility index (Phi) is 26.4. The molecule has 2 saturated carbocycles. The average Bonchev–Trinajstić information content (AvgIpc) is 1.87. The predicted octanol–water partition coefficient (Wildman–Crippen LogP) is 13.0. The van der Waals surface area contributed by atoms with Crippen LogP contribution < -0.4 is 16.0 Å². The zero-order valence-corrected chi connectivity index (χ0v) is 54.0. The van der Waals surface area contributed by atoms with E-state index in [1.54, 1.807) is 26.8 Å². The zero-order valence-electron chi connectivity index (χ0n) is 54.0. The Bertz CT molecular complexity index is 2950. The van der Waals surface area contributed by atoms with Gasteiger partial charge in [0.1, 0.15) is 46.8 Å². The lowest BCUT2D eigenvalue weighted by molar-refractivity contribution is -0.125. The van der Waals surface area contributed by atoms with E-state index in [-0.39, 0.29) is 73.5 Å². The van der Waals surface area contributed by atoms with Gasteiger partial charge in [-0.2, -0.15) is 0 Å². The van der Waals surface area contributed by atoms with E-state index in [1.807, 2.05) is 93.6 Å². The van der Waals surface area contributed by atoms with E-state index in [2.05, 4.69) is 25.9 Å². The standard InChI is InChI=1S/C39H53N3O8.C31H47N3O6/c1-39(2,3)50-37(45)40-21-13-12-18-29(35(44)36-41-31-19-10-11-20-34(31)49-36)22-33(43)32-23-30(47-25-27-14-6-4-7-15-27)24-42(32)38(46)48-26-28-16-8-5-9-17-28;1-31(2,3)40-30(37)32-16-10-9-13-22(28(36)29-34-24-14-7-8-15-27(24)39-29)17-26(35)25-18-23(19-33-25)38-20-21-11-5-4-6-12-21/h5,8-11,16-17,19-20,27,29-30,32,35,44H,4,6-7,12-15,18,21-26H2,1-3H3,(H,40,45);7-8,14-15,21-23,25,28,33,36H,4-6,9-13,16-20H2,1-3H3,(H,32,37)/t29-,30-,32+,35?;22-,23-,25+,28?/m11/s1. The van der Waals surface area contributed by atoms with Gasteiger partial charge < -0.3 is 58.7 Å². The number of ketones is 2. The number of hydrogen-bond acceptors (Lipinski definition) is 17. The number of rotatable bonds is 28. The van der Waals surface area contributed by atoms with Crippen molar-refractivity contribution in [1.82, 2.24) is 30.8 Å². The summed E-state index contributed by atoms with van der Waals surface area (Å²) in [6.45, 7) is 14.2. The fraction of sp³-hybridized carbons (Fsp3) is 0.643. The zero-order chi connectivity index (χ0) is 64.0. The van der Waals surface area contributed by atoms with Gasteiger partial charge >= 0.3 is 18.3 Å². The first-order chi connectivity index (χ1) is 43.2. The minimum absolute atomic E-state index is 0.00185. The van der Waals surface area contributed by atoms with Crippen molar-refractivity contribution in [2.45, 2.75) is 224 Å². The van der Waals surface area contributed by atoms with Gasteiger partial charge in [0.2, 0.25) is 11.8 Å². The lowest BCUT2D eigenvalue weighted by atomic mass is 9.88. The van der Waals surface area contributed by atoms with E-state index >= 15 is 0 Å². The molecule has 2 saturated heterocycles. The Morgan fingerprint density at radius 3 is 1.59 bits per heavy atom. The second kappa shape index (κ2) is 34.3. The Morgan fingerprint density at radius 1 is 0.611 bits per heavy atom. The summed E-state index contributed by atoms with van der Waals surface area (Å²) in [6, 6.07) is 23.1. The summed E-state index contributed by atoms with van der Waals surface area (Å²) >= 11 is 0. The molecule has 2 aliphatic carbocycles. The molecule has 4 fully saturated rings. The molecular weight excluding hydrogens is 1150 g/mol. The Hall–Kier alpha value is -6.45. The smallest absolute Gasteiger partial charge is 0.410 e. The lowest BCUT2D eigenvalue weighted by Crippen LogP contribution is -2.41. The van der Waals surface area contributed by atoms with Crippen molar-refractivity contribution in [3.8, 4) is 0 Å². The van der Waals surface area contributed by atoms with Crippen LogP contribution in [0.15, 0.2) is 87.7 Å². The molecule has 90 heavy (non-hydrogen) atoms. The normalized spacial score (nSPS) is 20.6. The first-order valence-electron chi connectivity index (χ1n) is 33.2. The molecule has 5 aromatic rings. The molecule has 20 heteroatoms. The van der Waals surface area contributed by atoms with Crippen LogP contribution in [-0.4, -0.2) is 130 Å². The Balaban J connectivity index is 0.000000238. The van der Waals surface area contributed by atoms with Crippen molar-refractivity contribution < 1.29 is 66.7 Å². The Labute approximate surface area is 531 Å². The largest absolute Gasteiger partial charge is 0.445 e. The van der Waals surface area contributed by atoms with Crippen molar-refractivity contribution in [1.29, 1.82) is 0 Å². The third-order valence-corrected chi connectivity index (χ3v) is 17.4. The van der Waals surface area contributed by atoms with Gasteiger partial charge in [0.25, 0.3) is 0 Å².